The van der Waals surface area contributed by atoms with Crippen molar-refractivity contribution in [2.45, 2.75) is 27.3 Å². The Bertz CT molecular complexity index is 416. The molecule has 1 aromatic rings. The van der Waals surface area contributed by atoms with E-state index in [4.69, 9.17) is 11.1 Å². The summed E-state index contributed by atoms with van der Waals surface area (Å²) in [5.74, 6) is -0.0440. The Morgan fingerprint density at radius 3 is 2.61 bits per heavy atom. The van der Waals surface area contributed by atoms with Gasteiger partial charge in [0, 0.05) is 18.7 Å². The summed E-state index contributed by atoms with van der Waals surface area (Å²) >= 11 is 0. The van der Waals surface area contributed by atoms with Crippen molar-refractivity contribution in [2.75, 3.05) is 13.1 Å². The van der Waals surface area contributed by atoms with Crippen LogP contribution in [0, 0.1) is 17.1 Å². The van der Waals surface area contributed by atoms with E-state index in [2.05, 4.69) is 25.7 Å². The fourth-order valence-corrected chi connectivity index (χ4v) is 1.97. The summed E-state index contributed by atoms with van der Waals surface area (Å²) in [6.45, 7) is 8.72. The average molecular weight is 251 g/mol. The smallest absolute Gasteiger partial charge is 0.138 e. The molecule has 0 unspecified atom stereocenters. The third kappa shape index (κ3) is 3.81. The summed E-state index contributed by atoms with van der Waals surface area (Å²) in [7, 11) is 0. The van der Waals surface area contributed by atoms with Gasteiger partial charge in [0.2, 0.25) is 0 Å². The van der Waals surface area contributed by atoms with Crippen molar-refractivity contribution in [1.29, 1.82) is 5.41 Å². The molecule has 0 saturated heterocycles. The standard InChI is InChI=1S/C14H22FN3/c1-4-18(8-10(2)3)9-11-6-5-7-12(13(11)15)14(16)17/h5-7,10H,4,8-9H2,1-3H3,(H3,16,17). The zero-order chi connectivity index (χ0) is 13.7. The number of nitrogens with two attached hydrogens (primary N) is 1. The Balaban J connectivity index is 2.89. The van der Waals surface area contributed by atoms with E-state index in [1.165, 1.54) is 0 Å². The molecule has 1 rings (SSSR count). The molecule has 0 heterocycles. The molecule has 0 amide bonds. The van der Waals surface area contributed by atoms with E-state index in [0.29, 0.717) is 18.0 Å². The van der Waals surface area contributed by atoms with Gasteiger partial charge in [0.25, 0.3) is 0 Å². The van der Waals surface area contributed by atoms with E-state index < -0.39 is 0 Å². The van der Waals surface area contributed by atoms with Crippen molar-refractivity contribution in [3.63, 3.8) is 0 Å². The third-order valence-corrected chi connectivity index (χ3v) is 2.83. The quantitative estimate of drug-likeness (QED) is 0.603. The fraction of sp³-hybridized carbons (Fsp3) is 0.500. The molecule has 4 heteroatoms. The highest BCUT2D eigenvalue weighted by Gasteiger charge is 2.13. The van der Waals surface area contributed by atoms with Gasteiger partial charge in [-0.1, -0.05) is 32.9 Å². The van der Waals surface area contributed by atoms with Crippen LogP contribution in [-0.2, 0) is 6.54 Å². The molecule has 100 valence electrons. The number of halogens is 1. The average Bonchev–Trinajstić information content (AvgIpc) is 2.29. The lowest BCUT2D eigenvalue weighted by Gasteiger charge is -2.23. The maximum atomic E-state index is 14.1. The maximum absolute atomic E-state index is 14.1. The van der Waals surface area contributed by atoms with Crippen molar-refractivity contribution in [2.24, 2.45) is 11.7 Å². The number of nitrogen functional groups attached to an aromatic ring is 1. The van der Waals surface area contributed by atoms with E-state index in [1.54, 1.807) is 18.2 Å². The lowest BCUT2D eigenvalue weighted by Crippen LogP contribution is -2.28. The monoisotopic (exact) mass is 251 g/mol. The number of amidine groups is 1. The number of hydrogen-bond acceptors (Lipinski definition) is 2. The van der Waals surface area contributed by atoms with Crippen LogP contribution in [0.15, 0.2) is 18.2 Å². The van der Waals surface area contributed by atoms with Crippen LogP contribution in [0.3, 0.4) is 0 Å². The summed E-state index contributed by atoms with van der Waals surface area (Å²) in [6.07, 6.45) is 0. The fourth-order valence-electron chi connectivity index (χ4n) is 1.97. The molecule has 0 saturated carbocycles. The minimum Gasteiger partial charge on any atom is -0.384 e. The normalized spacial score (nSPS) is 11.2. The van der Waals surface area contributed by atoms with Crippen molar-refractivity contribution in [3.8, 4) is 0 Å². The Kier molecular flexibility index (Phi) is 5.28. The van der Waals surface area contributed by atoms with E-state index in [0.717, 1.165) is 13.1 Å². The lowest BCUT2D eigenvalue weighted by molar-refractivity contribution is 0.245. The summed E-state index contributed by atoms with van der Waals surface area (Å²) in [5, 5.41) is 7.34. The summed E-state index contributed by atoms with van der Waals surface area (Å²) < 4.78 is 14.1. The van der Waals surface area contributed by atoms with Gasteiger partial charge in [-0.3, -0.25) is 10.3 Å². The first-order chi connectivity index (χ1) is 8.45. The topological polar surface area (TPSA) is 53.1 Å². The molecule has 0 radical (unpaired) electrons. The molecule has 0 aliphatic rings. The van der Waals surface area contributed by atoms with Gasteiger partial charge < -0.3 is 5.73 Å². The number of benzene rings is 1. The lowest BCUT2D eigenvalue weighted by atomic mass is 10.1. The van der Waals surface area contributed by atoms with Crippen LogP contribution in [-0.4, -0.2) is 23.8 Å². The van der Waals surface area contributed by atoms with Crippen molar-refractivity contribution < 1.29 is 4.39 Å². The molecule has 18 heavy (non-hydrogen) atoms. The van der Waals surface area contributed by atoms with E-state index >= 15 is 0 Å². The second-order valence-electron chi connectivity index (χ2n) is 4.91. The number of rotatable bonds is 6. The number of nitrogens with one attached hydrogen (secondary N) is 1. The van der Waals surface area contributed by atoms with Gasteiger partial charge in [-0.15, -0.1) is 0 Å². The minimum atomic E-state index is -0.368. The highest BCUT2D eigenvalue weighted by atomic mass is 19.1. The molecule has 0 aromatic heterocycles. The highest BCUT2D eigenvalue weighted by Crippen LogP contribution is 2.15. The van der Waals surface area contributed by atoms with Crippen LogP contribution in [0.1, 0.15) is 31.9 Å². The molecular formula is C14H22FN3. The maximum Gasteiger partial charge on any atom is 0.138 e. The largest absolute Gasteiger partial charge is 0.384 e. The van der Waals surface area contributed by atoms with Gasteiger partial charge in [0.05, 0.1) is 5.56 Å². The Morgan fingerprint density at radius 2 is 2.11 bits per heavy atom. The third-order valence-electron chi connectivity index (χ3n) is 2.83. The van der Waals surface area contributed by atoms with Crippen LogP contribution in [0.5, 0.6) is 0 Å². The number of hydrogen-bond donors (Lipinski definition) is 2. The molecule has 0 atom stereocenters. The minimum absolute atomic E-state index is 0.188. The Hall–Kier alpha value is -1.42. The van der Waals surface area contributed by atoms with Crippen LogP contribution in [0.4, 0.5) is 4.39 Å². The molecule has 0 aliphatic carbocycles. The first-order valence-electron chi connectivity index (χ1n) is 6.29. The predicted octanol–water partition coefficient (Wildman–Crippen LogP) is 2.59. The van der Waals surface area contributed by atoms with Crippen molar-refractivity contribution >= 4 is 5.84 Å². The zero-order valence-corrected chi connectivity index (χ0v) is 11.3. The predicted molar refractivity (Wildman–Crippen MR) is 73.2 cm³/mol. The summed E-state index contributed by atoms with van der Waals surface area (Å²) in [4.78, 5) is 2.19. The van der Waals surface area contributed by atoms with E-state index in [9.17, 15) is 4.39 Å². The highest BCUT2D eigenvalue weighted by molar-refractivity contribution is 5.95. The SMILES string of the molecule is CCN(Cc1cccc(C(=N)N)c1F)CC(C)C. The van der Waals surface area contributed by atoms with E-state index in [1.807, 2.05) is 0 Å². The Labute approximate surface area is 108 Å². The molecule has 0 aliphatic heterocycles. The molecule has 0 spiro atoms. The molecular weight excluding hydrogens is 229 g/mol. The van der Waals surface area contributed by atoms with Crippen LogP contribution >= 0.6 is 0 Å². The first-order valence-corrected chi connectivity index (χ1v) is 6.29. The molecule has 0 bridgehead atoms. The van der Waals surface area contributed by atoms with Gasteiger partial charge >= 0.3 is 0 Å². The van der Waals surface area contributed by atoms with Crippen molar-refractivity contribution in [1.82, 2.24) is 4.90 Å². The van der Waals surface area contributed by atoms with Gasteiger partial charge in [0.15, 0.2) is 0 Å². The number of nitrogens with zero attached hydrogens (tertiary/aromatic N) is 1. The van der Waals surface area contributed by atoms with Crippen LogP contribution in [0.25, 0.3) is 0 Å². The molecule has 1 aromatic carbocycles. The van der Waals surface area contributed by atoms with Crippen LogP contribution in [0.2, 0.25) is 0 Å². The van der Waals surface area contributed by atoms with E-state index in [-0.39, 0.29) is 17.2 Å². The van der Waals surface area contributed by atoms with Gasteiger partial charge in [-0.05, 0) is 18.5 Å². The molecule has 3 nitrogen and oxygen atoms in total. The summed E-state index contributed by atoms with van der Waals surface area (Å²) in [6, 6.07) is 5.04. The molecule has 3 N–H and O–H groups in total. The molecule has 0 fully saturated rings. The second-order valence-corrected chi connectivity index (χ2v) is 4.91. The second kappa shape index (κ2) is 6.50. The summed E-state index contributed by atoms with van der Waals surface area (Å²) in [5.41, 5.74) is 6.15. The Morgan fingerprint density at radius 1 is 1.44 bits per heavy atom. The van der Waals surface area contributed by atoms with Gasteiger partial charge in [-0.25, -0.2) is 4.39 Å². The van der Waals surface area contributed by atoms with Crippen LogP contribution < -0.4 is 5.73 Å². The van der Waals surface area contributed by atoms with Gasteiger partial charge in [-0.2, -0.15) is 0 Å². The first kappa shape index (κ1) is 14.6. The zero-order valence-electron chi connectivity index (χ0n) is 11.3. The van der Waals surface area contributed by atoms with Crippen molar-refractivity contribution in [3.05, 3.63) is 35.1 Å². The van der Waals surface area contributed by atoms with Gasteiger partial charge in [0.1, 0.15) is 11.7 Å².